The van der Waals surface area contributed by atoms with Crippen LogP contribution in [0.2, 0.25) is 0 Å². The number of methoxy groups -OCH3 is 1. The fraction of sp³-hybridized carbons (Fsp3) is 0.474. The monoisotopic (exact) mass is 377 g/mol. The number of hydrogen-bond acceptors (Lipinski definition) is 5. The summed E-state index contributed by atoms with van der Waals surface area (Å²) in [6.07, 6.45) is 0. The third-order valence-corrected chi connectivity index (χ3v) is 4.81. The molecule has 0 spiro atoms. The summed E-state index contributed by atoms with van der Waals surface area (Å²) in [5.74, 6) is 2.25. The first kappa shape index (κ1) is 18.7. The first-order valence-electron chi connectivity index (χ1n) is 8.74. The maximum atomic E-state index is 12.0. The molecule has 7 heteroatoms. The number of rotatable bonds is 5. The van der Waals surface area contributed by atoms with Gasteiger partial charge in [0.1, 0.15) is 16.9 Å². The van der Waals surface area contributed by atoms with Crippen molar-refractivity contribution in [3.05, 3.63) is 35.7 Å². The van der Waals surface area contributed by atoms with E-state index in [1.165, 1.54) is 0 Å². The van der Waals surface area contributed by atoms with Crippen molar-refractivity contribution >= 4 is 17.5 Å². The lowest BCUT2D eigenvalue weighted by Gasteiger charge is -2.34. The molecule has 0 N–H and O–H groups in total. The molecule has 2 aromatic rings. The van der Waals surface area contributed by atoms with Gasteiger partial charge in [0, 0.05) is 38.3 Å². The Hall–Kier alpha value is -2.05. The molecule has 0 saturated carbocycles. The number of amides is 1. The smallest absolute Gasteiger partial charge is 0.240 e. The number of aromatic nitrogens is 1. The van der Waals surface area contributed by atoms with Crippen LogP contribution in [0, 0.1) is 6.92 Å². The van der Waals surface area contributed by atoms with E-state index in [9.17, 15) is 4.79 Å². The van der Waals surface area contributed by atoms with Crippen LogP contribution in [-0.4, -0.2) is 59.4 Å². The highest BCUT2D eigenvalue weighted by Gasteiger charge is 2.25. The number of carbonyl (C=O) groups excluding carboxylic acids is 1. The molecule has 0 aliphatic carbocycles. The third-order valence-electron chi connectivity index (χ3n) is 4.63. The van der Waals surface area contributed by atoms with Crippen molar-refractivity contribution in [3.8, 4) is 17.2 Å². The zero-order valence-electron chi connectivity index (χ0n) is 15.4. The van der Waals surface area contributed by atoms with Crippen molar-refractivity contribution in [1.82, 2.24) is 14.8 Å². The first-order valence-corrected chi connectivity index (χ1v) is 9.17. The normalized spacial score (nSPS) is 16.5. The number of oxazole rings is 1. The quantitative estimate of drug-likeness (QED) is 0.750. The van der Waals surface area contributed by atoms with Gasteiger partial charge in [0.25, 0.3) is 0 Å². The van der Waals surface area contributed by atoms with E-state index in [4.69, 9.17) is 20.8 Å². The van der Waals surface area contributed by atoms with Crippen LogP contribution < -0.4 is 4.74 Å². The molecule has 1 amide bonds. The predicted octanol–water partition coefficient (Wildman–Crippen LogP) is 2.93. The number of nitrogens with zero attached hydrogens (tertiary/aromatic N) is 3. The van der Waals surface area contributed by atoms with E-state index in [1.807, 2.05) is 36.1 Å². The van der Waals surface area contributed by atoms with Gasteiger partial charge in [0.05, 0.1) is 12.8 Å². The van der Waals surface area contributed by atoms with E-state index in [-0.39, 0.29) is 5.91 Å². The number of ether oxygens (including phenoxy) is 1. The minimum atomic E-state index is -0.466. The van der Waals surface area contributed by atoms with E-state index in [0.717, 1.165) is 35.9 Å². The molecule has 1 aromatic carbocycles. The summed E-state index contributed by atoms with van der Waals surface area (Å²) in [6.45, 7) is 7.36. The maximum absolute atomic E-state index is 12.0. The lowest BCUT2D eigenvalue weighted by Crippen LogP contribution is -2.50. The average Bonchev–Trinajstić information content (AvgIpc) is 3.02. The Morgan fingerprint density at radius 3 is 2.50 bits per heavy atom. The van der Waals surface area contributed by atoms with Gasteiger partial charge in [0.2, 0.25) is 11.8 Å². The highest BCUT2D eigenvalue weighted by atomic mass is 35.5. The SMILES string of the molecule is COc1ccc(-c2nc(CN3CCN(C(=O)C(C)Cl)CC3)c(C)o2)cc1. The van der Waals surface area contributed by atoms with Crippen molar-refractivity contribution < 1.29 is 13.9 Å². The van der Waals surface area contributed by atoms with Crippen LogP contribution in [-0.2, 0) is 11.3 Å². The second-order valence-corrected chi connectivity index (χ2v) is 7.12. The van der Waals surface area contributed by atoms with Gasteiger partial charge in [-0.25, -0.2) is 4.98 Å². The maximum Gasteiger partial charge on any atom is 0.240 e. The molecular formula is C19H24ClN3O3. The van der Waals surface area contributed by atoms with E-state index >= 15 is 0 Å². The summed E-state index contributed by atoms with van der Waals surface area (Å²) < 4.78 is 11.0. The molecule has 1 atom stereocenters. The van der Waals surface area contributed by atoms with Gasteiger partial charge in [0.15, 0.2) is 0 Å². The third kappa shape index (κ3) is 4.19. The van der Waals surface area contributed by atoms with Crippen molar-refractivity contribution in [2.45, 2.75) is 25.8 Å². The molecule has 1 aliphatic heterocycles. The van der Waals surface area contributed by atoms with Crippen LogP contribution in [0.5, 0.6) is 5.75 Å². The summed E-state index contributed by atoms with van der Waals surface area (Å²) in [4.78, 5) is 20.7. The zero-order valence-corrected chi connectivity index (χ0v) is 16.1. The van der Waals surface area contributed by atoms with Gasteiger partial charge in [-0.15, -0.1) is 11.6 Å². The molecule has 1 unspecified atom stereocenters. The Labute approximate surface area is 158 Å². The summed E-state index contributed by atoms with van der Waals surface area (Å²) in [7, 11) is 1.64. The number of benzene rings is 1. The lowest BCUT2D eigenvalue weighted by atomic mass is 10.2. The number of aryl methyl sites for hydroxylation is 1. The number of halogens is 1. The van der Waals surface area contributed by atoms with E-state index < -0.39 is 5.38 Å². The molecule has 1 saturated heterocycles. The molecule has 6 nitrogen and oxygen atoms in total. The molecule has 1 aliphatic rings. The fourth-order valence-electron chi connectivity index (χ4n) is 3.02. The van der Waals surface area contributed by atoms with Gasteiger partial charge in [-0.1, -0.05) is 0 Å². The molecule has 2 heterocycles. The molecule has 26 heavy (non-hydrogen) atoms. The molecule has 0 radical (unpaired) electrons. The van der Waals surface area contributed by atoms with E-state index in [1.54, 1.807) is 14.0 Å². The van der Waals surface area contributed by atoms with Crippen LogP contribution in [0.25, 0.3) is 11.5 Å². The fourth-order valence-corrected chi connectivity index (χ4v) is 3.16. The van der Waals surface area contributed by atoms with Gasteiger partial charge >= 0.3 is 0 Å². The van der Waals surface area contributed by atoms with Crippen molar-refractivity contribution in [2.75, 3.05) is 33.3 Å². The Balaban J connectivity index is 1.62. The molecule has 0 bridgehead atoms. The Kier molecular flexibility index (Phi) is 5.84. The van der Waals surface area contributed by atoms with Crippen molar-refractivity contribution in [1.29, 1.82) is 0 Å². The van der Waals surface area contributed by atoms with Crippen LogP contribution in [0.3, 0.4) is 0 Å². The van der Waals surface area contributed by atoms with Crippen LogP contribution in [0.15, 0.2) is 28.7 Å². The molecule has 3 rings (SSSR count). The van der Waals surface area contributed by atoms with Gasteiger partial charge in [-0.05, 0) is 38.1 Å². The Morgan fingerprint density at radius 1 is 1.27 bits per heavy atom. The summed E-state index contributed by atoms with van der Waals surface area (Å²) >= 11 is 5.89. The Morgan fingerprint density at radius 2 is 1.92 bits per heavy atom. The van der Waals surface area contributed by atoms with Crippen LogP contribution in [0.4, 0.5) is 0 Å². The summed E-state index contributed by atoms with van der Waals surface area (Å²) in [5.41, 5.74) is 1.85. The standard InChI is InChI=1S/C19H24ClN3O3/c1-13(20)19(24)23-10-8-22(9-11-23)12-17-14(2)26-18(21-17)15-4-6-16(25-3)7-5-15/h4-7,13H,8-12H2,1-3H3. The minimum Gasteiger partial charge on any atom is -0.497 e. The second-order valence-electron chi connectivity index (χ2n) is 6.47. The highest BCUT2D eigenvalue weighted by Crippen LogP contribution is 2.25. The Bertz CT molecular complexity index is 750. The van der Waals surface area contributed by atoms with Gasteiger partial charge < -0.3 is 14.1 Å². The molecule has 1 fully saturated rings. The number of hydrogen-bond donors (Lipinski definition) is 0. The van der Waals surface area contributed by atoms with Gasteiger partial charge in [-0.2, -0.15) is 0 Å². The number of alkyl halides is 1. The molecule has 1 aromatic heterocycles. The average molecular weight is 378 g/mol. The summed E-state index contributed by atoms with van der Waals surface area (Å²) in [5, 5.41) is -0.466. The van der Waals surface area contributed by atoms with Gasteiger partial charge in [-0.3, -0.25) is 9.69 Å². The van der Waals surface area contributed by atoms with E-state index in [0.29, 0.717) is 25.5 Å². The number of carbonyl (C=O) groups is 1. The zero-order chi connectivity index (χ0) is 18.7. The largest absolute Gasteiger partial charge is 0.497 e. The second kappa shape index (κ2) is 8.10. The van der Waals surface area contributed by atoms with Crippen LogP contribution >= 0.6 is 11.6 Å². The summed E-state index contributed by atoms with van der Waals surface area (Å²) in [6, 6.07) is 7.66. The van der Waals surface area contributed by atoms with E-state index in [2.05, 4.69) is 9.88 Å². The van der Waals surface area contributed by atoms with Crippen LogP contribution in [0.1, 0.15) is 18.4 Å². The first-order chi connectivity index (χ1) is 12.5. The molecule has 140 valence electrons. The number of piperazine rings is 1. The van der Waals surface area contributed by atoms with Crippen molar-refractivity contribution in [2.24, 2.45) is 0 Å². The topological polar surface area (TPSA) is 58.8 Å². The van der Waals surface area contributed by atoms with Crippen molar-refractivity contribution in [3.63, 3.8) is 0 Å². The minimum absolute atomic E-state index is 0.00530. The molecular weight excluding hydrogens is 354 g/mol. The lowest BCUT2D eigenvalue weighted by molar-refractivity contribution is -0.132. The highest BCUT2D eigenvalue weighted by molar-refractivity contribution is 6.30. The predicted molar refractivity (Wildman–Crippen MR) is 100 cm³/mol.